The van der Waals surface area contributed by atoms with Crippen LogP contribution in [0.2, 0.25) is 0 Å². The summed E-state index contributed by atoms with van der Waals surface area (Å²) in [4.78, 5) is 25.1. The number of piperidine rings is 1. The van der Waals surface area contributed by atoms with Crippen molar-refractivity contribution >= 4 is 23.2 Å². The lowest BCUT2D eigenvalue weighted by Gasteiger charge is -2.40. The highest BCUT2D eigenvalue weighted by atomic mass is 16.2. The molecule has 1 aromatic carbocycles. The van der Waals surface area contributed by atoms with Crippen LogP contribution in [0.1, 0.15) is 46.0 Å². The van der Waals surface area contributed by atoms with Gasteiger partial charge in [0.15, 0.2) is 6.04 Å². The molecule has 2 aliphatic rings. The maximum Gasteiger partial charge on any atom is 0.282 e. The summed E-state index contributed by atoms with van der Waals surface area (Å²) in [7, 11) is 0. The molecule has 2 amide bonds. The smallest absolute Gasteiger partial charge is 0.282 e. The average Bonchev–Trinajstić information content (AvgIpc) is 2.62. The van der Waals surface area contributed by atoms with E-state index >= 15 is 0 Å². The first-order chi connectivity index (χ1) is 12.0. The Kier molecular flexibility index (Phi) is 5.74. The number of hydrogen-bond acceptors (Lipinski definition) is 2. The van der Waals surface area contributed by atoms with Crippen molar-refractivity contribution in [1.29, 1.82) is 0 Å². The summed E-state index contributed by atoms with van der Waals surface area (Å²) >= 11 is 0. The Labute approximate surface area is 150 Å². The summed E-state index contributed by atoms with van der Waals surface area (Å²) in [6.45, 7) is 5.77. The topological polar surface area (TPSA) is 62.6 Å². The molecule has 1 heterocycles. The van der Waals surface area contributed by atoms with Crippen LogP contribution in [0.4, 0.5) is 11.4 Å². The van der Waals surface area contributed by atoms with E-state index in [1.807, 2.05) is 31.2 Å². The Morgan fingerprint density at radius 1 is 1.00 bits per heavy atom. The van der Waals surface area contributed by atoms with Gasteiger partial charge in [0.25, 0.3) is 5.91 Å². The molecule has 0 aromatic heterocycles. The summed E-state index contributed by atoms with van der Waals surface area (Å²) in [6, 6.07) is 7.25. The van der Waals surface area contributed by atoms with Gasteiger partial charge in [-0.2, -0.15) is 0 Å². The van der Waals surface area contributed by atoms with Gasteiger partial charge in [-0.05, 0) is 56.4 Å². The van der Waals surface area contributed by atoms with Crippen LogP contribution < -0.4 is 15.5 Å². The number of likely N-dealkylation sites (tertiary alicyclic amines) is 1. The fraction of sp³-hybridized carbons (Fsp3) is 0.600. The van der Waals surface area contributed by atoms with Crippen molar-refractivity contribution in [3.05, 3.63) is 24.3 Å². The van der Waals surface area contributed by atoms with Gasteiger partial charge in [-0.25, -0.2) is 0 Å². The van der Waals surface area contributed by atoms with Crippen LogP contribution in [0.3, 0.4) is 0 Å². The van der Waals surface area contributed by atoms with Gasteiger partial charge in [0.05, 0.1) is 13.1 Å². The minimum absolute atomic E-state index is 0.0297. The lowest BCUT2D eigenvalue weighted by atomic mass is 9.75. The second-order valence-corrected chi connectivity index (χ2v) is 7.68. The zero-order valence-electron chi connectivity index (χ0n) is 15.3. The highest BCUT2D eigenvalue weighted by Gasteiger charge is 2.37. The van der Waals surface area contributed by atoms with Crippen LogP contribution in [0.5, 0.6) is 0 Å². The first-order valence-electron chi connectivity index (χ1n) is 9.56. The molecular weight excluding hydrogens is 314 g/mol. The molecule has 136 valence electrons. The fourth-order valence-corrected chi connectivity index (χ4v) is 4.41. The standard InChI is InChI=1S/C20H29N3O2/c1-14(23-12-11-16-5-3-4-6-17(16)13-23)20(25)22-19-9-7-18(8-10-19)21-15(2)24/h7-10,14,16-17H,3-6,11-13H2,1-2H3,(H,21,24)(H,22,25)/p+1/t14-,16-,17+/m0/s1. The zero-order valence-corrected chi connectivity index (χ0v) is 15.3. The molecule has 4 atom stereocenters. The number of fused-ring (bicyclic) bond motifs is 1. The largest absolute Gasteiger partial charge is 0.326 e. The summed E-state index contributed by atoms with van der Waals surface area (Å²) in [5.41, 5.74) is 1.52. The summed E-state index contributed by atoms with van der Waals surface area (Å²) < 4.78 is 0. The van der Waals surface area contributed by atoms with Gasteiger partial charge in [-0.1, -0.05) is 12.8 Å². The van der Waals surface area contributed by atoms with Crippen LogP contribution >= 0.6 is 0 Å². The molecule has 3 N–H and O–H groups in total. The first-order valence-corrected chi connectivity index (χ1v) is 9.56. The van der Waals surface area contributed by atoms with Crippen LogP contribution in [-0.2, 0) is 9.59 Å². The maximum atomic E-state index is 12.6. The molecule has 3 rings (SSSR count). The van der Waals surface area contributed by atoms with E-state index in [9.17, 15) is 9.59 Å². The molecule has 5 heteroatoms. The second kappa shape index (κ2) is 8.00. The Bertz CT molecular complexity index is 614. The van der Waals surface area contributed by atoms with Crippen molar-refractivity contribution in [2.24, 2.45) is 11.8 Å². The highest BCUT2D eigenvalue weighted by molar-refractivity contribution is 5.94. The predicted octanol–water partition coefficient (Wildman–Crippen LogP) is 2.07. The molecule has 2 fully saturated rings. The van der Waals surface area contributed by atoms with E-state index in [0.717, 1.165) is 36.3 Å². The van der Waals surface area contributed by atoms with E-state index in [4.69, 9.17) is 0 Å². The van der Waals surface area contributed by atoms with Crippen molar-refractivity contribution < 1.29 is 14.5 Å². The third kappa shape index (κ3) is 4.60. The summed E-state index contributed by atoms with van der Waals surface area (Å²) in [6.07, 6.45) is 6.74. The van der Waals surface area contributed by atoms with E-state index in [1.54, 1.807) is 0 Å². The number of benzene rings is 1. The molecule has 25 heavy (non-hydrogen) atoms. The van der Waals surface area contributed by atoms with Gasteiger partial charge in [-0.15, -0.1) is 0 Å². The number of nitrogens with one attached hydrogen (secondary N) is 3. The monoisotopic (exact) mass is 344 g/mol. The van der Waals surface area contributed by atoms with Crippen molar-refractivity contribution in [1.82, 2.24) is 0 Å². The molecule has 1 saturated heterocycles. The normalized spacial score (nSPS) is 27.0. The van der Waals surface area contributed by atoms with Crippen molar-refractivity contribution in [2.75, 3.05) is 23.7 Å². The van der Waals surface area contributed by atoms with Crippen LogP contribution in [0.15, 0.2) is 24.3 Å². The van der Waals surface area contributed by atoms with Crippen LogP contribution in [0, 0.1) is 11.8 Å². The Morgan fingerprint density at radius 2 is 1.60 bits per heavy atom. The quantitative estimate of drug-likeness (QED) is 0.783. The predicted molar refractivity (Wildman–Crippen MR) is 99.6 cm³/mol. The molecule has 1 unspecified atom stereocenters. The molecule has 1 aromatic rings. The van der Waals surface area contributed by atoms with Crippen molar-refractivity contribution in [2.45, 2.75) is 52.0 Å². The first kappa shape index (κ1) is 17.9. The fourth-order valence-electron chi connectivity index (χ4n) is 4.41. The van der Waals surface area contributed by atoms with Crippen LogP contribution in [-0.4, -0.2) is 30.9 Å². The van der Waals surface area contributed by atoms with Gasteiger partial charge in [0.1, 0.15) is 0 Å². The molecule has 1 saturated carbocycles. The number of amides is 2. The van der Waals surface area contributed by atoms with Gasteiger partial charge in [0.2, 0.25) is 5.91 Å². The third-order valence-electron chi connectivity index (χ3n) is 5.91. The molecule has 0 bridgehead atoms. The number of carbonyl (C=O) groups excluding carboxylic acids is 2. The lowest BCUT2D eigenvalue weighted by molar-refractivity contribution is -0.924. The minimum atomic E-state index is -0.0971. The van der Waals surface area contributed by atoms with Crippen molar-refractivity contribution in [3.8, 4) is 0 Å². The molecule has 1 aliphatic carbocycles. The van der Waals surface area contributed by atoms with Gasteiger partial charge < -0.3 is 15.5 Å². The van der Waals surface area contributed by atoms with E-state index in [1.165, 1.54) is 43.9 Å². The molecule has 1 aliphatic heterocycles. The molecule has 0 radical (unpaired) electrons. The Hall–Kier alpha value is -1.88. The van der Waals surface area contributed by atoms with E-state index in [-0.39, 0.29) is 17.9 Å². The molecular formula is C20H30N3O2+. The number of quaternary nitrogens is 1. The van der Waals surface area contributed by atoms with Crippen molar-refractivity contribution in [3.63, 3.8) is 0 Å². The number of carbonyl (C=O) groups is 2. The average molecular weight is 344 g/mol. The zero-order chi connectivity index (χ0) is 17.8. The van der Waals surface area contributed by atoms with Gasteiger partial charge >= 0.3 is 0 Å². The van der Waals surface area contributed by atoms with Gasteiger partial charge in [0, 0.05) is 24.2 Å². The third-order valence-corrected chi connectivity index (χ3v) is 5.91. The van der Waals surface area contributed by atoms with Crippen LogP contribution in [0.25, 0.3) is 0 Å². The number of anilines is 2. The highest BCUT2D eigenvalue weighted by Crippen LogP contribution is 2.32. The minimum Gasteiger partial charge on any atom is -0.326 e. The Morgan fingerprint density at radius 3 is 2.24 bits per heavy atom. The second-order valence-electron chi connectivity index (χ2n) is 7.68. The van der Waals surface area contributed by atoms with E-state index in [0.29, 0.717) is 0 Å². The van der Waals surface area contributed by atoms with Gasteiger partial charge in [-0.3, -0.25) is 9.59 Å². The van der Waals surface area contributed by atoms with E-state index in [2.05, 4.69) is 10.6 Å². The SMILES string of the molecule is CC(=O)Nc1ccc(NC(=O)[C@H](C)[NH+]2CC[C@@H]3CCCC[C@@H]3C2)cc1. The molecule has 0 spiro atoms. The number of rotatable bonds is 4. The lowest BCUT2D eigenvalue weighted by Crippen LogP contribution is -3.18. The summed E-state index contributed by atoms with van der Waals surface area (Å²) in [5.74, 6) is 1.69. The maximum absolute atomic E-state index is 12.6. The van der Waals surface area contributed by atoms with E-state index < -0.39 is 0 Å². The summed E-state index contributed by atoms with van der Waals surface area (Å²) in [5, 5.41) is 5.75. The molecule has 5 nitrogen and oxygen atoms in total. The number of hydrogen-bond donors (Lipinski definition) is 3. The Balaban J connectivity index is 1.54.